The summed E-state index contributed by atoms with van der Waals surface area (Å²) in [5, 5.41) is 22.1. The summed E-state index contributed by atoms with van der Waals surface area (Å²) in [6, 6.07) is 15.7. The number of hydrogen-bond acceptors (Lipinski definition) is 4. The quantitative estimate of drug-likeness (QED) is 0.538. The third kappa shape index (κ3) is 3.70. The van der Waals surface area contributed by atoms with Gasteiger partial charge in [-0.2, -0.15) is 5.26 Å². The number of methoxy groups -OCH3 is 1. The van der Waals surface area contributed by atoms with E-state index in [0.29, 0.717) is 30.5 Å². The lowest BCUT2D eigenvalue weighted by Gasteiger charge is -2.30. The Balaban J connectivity index is 1.83. The highest BCUT2D eigenvalue weighted by Gasteiger charge is 2.28. The Morgan fingerprint density at radius 2 is 2.00 bits per heavy atom. The Labute approximate surface area is 174 Å². The zero-order valence-electron chi connectivity index (χ0n) is 16.7. The average molecular weight is 405 g/mol. The van der Waals surface area contributed by atoms with Crippen molar-refractivity contribution in [3.05, 3.63) is 48.0 Å². The molecule has 7 nitrogen and oxygen atoms in total. The molecule has 7 heteroatoms. The van der Waals surface area contributed by atoms with Gasteiger partial charge in [-0.3, -0.25) is 5.32 Å². The van der Waals surface area contributed by atoms with Crippen LogP contribution in [0.4, 0.5) is 10.5 Å². The number of nitriles is 1. The SMILES string of the molecule is COCCOc1ccc2c(C#N)c(-c3ccc(NC(=O)O)cc3)n(C3CCC3)c2c1. The van der Waals surface area contributed by atoms with Gasteiger partial charge in [0.05, 0.1) is 23.4 Å². The molecule has 1 heterocycles. The smallest absolute Gasteiger partial charge is 0.409 e. The zero-order valence-corrected chi connectivity index (χ0v) is 16.7. The Hall–Kier alpha value is -3.50. The molecule has 2 aromatic carbocycles. The van der Waals surface area contributed by atoms with Crippen LogP contribution in [0.1, 0.15) is 30.9 Å². The Bertz CT molecular complexity index is 1110. The van der Waals surface area contributed by atoms with Crippen LogP contribution in [0.2, 0.25) is 0 Å². The number of fused-ring (bicyclic) bond motifs is 1. The fourth-order valence-corrected chi connectivity index (χ4v) is 3.88. The van der Waals surface area contributed by atoms with Crippen molar-refractivity contribution in [1.29, 1.82) is 5.26 Å². The predicted molar refractivity (Wildman–Crippen MR) is 114 cm³/mol. The summed E-state index contributed by atoms with van der Waals surface area (Å²) in [5.41, 5.74) is 3.85. The van der Waals surface area contributed by atoms with Crippen LogP contribution in [0.5, 0.6) is 5.75 Å². The van der Waals surface area contributed by atoms with Crippen molar-refractivity contribution in [3.8, 4) is 23.1 Å². The number of anilines is 1. The Kier molecular flexibility index (Phi) is 5.59. The fraction of sp³-hybridized carbons (Fsp3) is 0.304. The highest BCUT2D eigenvalue weighted by Crippen LogP contribution is 2.43. The lowest BCUT2D eigenvalue weighted by Crippen LogP contribution is -2.18. The molecule has 30 heavy (non-hydrogen) atoms. The maximum absolute atomic E-state index is 10.9. The minimum absolute atomic E-state index is 0.329. The molecule has 1 amide bonds. The summed E-state index contributed by atoms with van der Waals surface area (Å²) in [5.74, 6) is 0.745. The summed E-state index contributed by atoms with van der Waals surface area (Å²) in [4.78, 5) is 10.9. The van der Waals surface area contributed by atoms with E-state index in [-0.39, 0.29) is 0 Å². The third-order valence-electron chi connectivity index (χ3n) is 5.49. The molecule has 1 aromatic heterocycles. The number of benzene rings is 2. The standard InChI is InChI=1S/C23H23N3O4/c1-29-11-12-30-18-9-10-19-20(14-24)22(26(21(19)13-18)17-3-2-4-17)15-5-7-16(8-6-15)25-23(27)28/h5-10,13,17,25H,2-4,11-12H2,1H3,(H,27,28). The number of carbonyl (C=O) groups is 1. The molecule has 1 aliphatic carbocycles. The molecule has 0 unspecified atom stereocenters. The van der Waals surface area contributed by atoms with Crippen LogP contribution < -0.4 is 10.1 Å². The second-order valence-corrected chi connectivity index (χ2v) is 7.32. The average Bonchev–Trinajstić information content (AvgIpc) is 3.00. The second kappa shape index (κ2) is 8.47. The van der Waals surface area contributed by atoms with E-state index in [0.717, 1.165) is 47.2 Å². The van der Waals surface area contributed by atoms with Crippen molar-refractivity contribution in [1.82, 2.24) is 4.57 Å². The normalized spacial score (nSPS) is 13.6. The molecule has 1 saturated carbocycles. The lowest BCUT2D eigenvalue weighted by atomic mass is 9.92. The first-order valence-corrected chi connectivity index (χ1v) is 9.92. The minimum Gasteiger partial charge on any atom is -0.491 e. The highest BCUT2D eigenvalue weighted by molar-refractivity contribution is 5.95. The van der Waals surface area contributed by atoms with Crippen molar-refractivity contribution in [2.75, 3.05) is 25.6 Å². The molecule has 1 aliphatic rings. The van der Waals surface area contributed by atoms with E-state index < -0.39 is 6.09 Å². The third-order valence-corrected chi connectivity index (χ3v) is 5.49. The first kappa shape index (κ1) is 19.8. The minimum atomic E-state index is -1.11. The summed E-state index contributed by atoms with van der Waals surface area (Å²) in [7, 11) is 1.64. The van der Waals surface area contributed by atoms with Gasteiger partial charge in [0.25, 0.3) is 0 Å². The summed E-state index contributed by atoms with van der Waals surface area (Å²) in [6.45, 7) is 0.968. The van der Waals surface area contributed by atoms with Crippen molar-refractivity contribution in [3.63, 3.8) is 0 Å². The summed E-state index contributed by atoms with van der Waals surface area (Å²) >= 11 is 0. The Morgan fingerprint density at radius 1 is 1.23 bits per heavy atom. The van der Waals surface area contributed by atoms with Gasteiger partial charge in [0.1, 0.15) is 18.4 Å². The van der Waals surface area contributed by atoms with Crippen LogP contribution >= 0.6 is 0 Å². The molecular weight excluding hydrogens is 382 g/mol. The Morgan fingerprint density at radius 3 is 2.60 bits per heavy atom. The second-order valence-electron chi connectivity index (χ2n) is 7.32. The van der Waals surface area contributed by atoms with Gasteiger partial charge in [0.15, 0.2) is 0 Å². The van der Waals surface area contributed by atoms with Crippen LogP contribution in [-0.2, 0) is 4.74 Å². The van der Waals surface area contributed by atoms with Crippen LogP contribution in [0, 0.1) is 11.3 Å². The molecule has 2 N–H and O–H groups in total. The lowest BCUT2D eigenvalue weighted by molar-refractivity contribution is 0.146. The number of aromatic nitrogens is 1. The van der Waals surface area contributed by atoms with Gasteiger partial charge in [-0.1, -0.05) is 12.1 Å². The van der Waals surface area contributed by atoms with Gasteiger partial charge in [-0.05, 0) is 49.1 Å². The predicted octanol–water partition coefficient (Wildman–Crippen LogP) is 5.02. The van der Waals surface area contributed by atoms with E-state index in [9.17, 15) is 10.1 Å². The number of nitrogens with zero attached hydrogens (tertiary/aromatic N) is 2. The molecule has 0 spiro atoms. The highest BCUT2D eigenvalue weighted by atomic mass is 16.5. The molecule has 0 bridgehead atoms. The topological polar surface area (TPSA) is 96.5 Å². The number of ether oxygens (including phenoxy) is 2. The van der Waals surface area contributed by atoms with Gasteiger partial charge >= 0.3 is 6.09 Å². The monoisotopic (exact) mass is 405 g/mol. The van der Waals surface area contributed by atoms with Gasteiger partial charge in [0.2, 0.25) is 0 Å². The molecule has 0 atom stereocenters. The van der Waals surface area contributed by atoms with E-state index in [2.05, 4.69) is 16.0 Å². The molecular formula is C23H23N3O4. The van der Waals surface area contributed by atoms with Crippen LogP contribution in [0.3, 0.4) is 0 Å². The van der Waals surface area contributed by atoms with E-state index in [4.69, 9.17) is 14.6 Å². The van der Waals surface area contributed by atoms with Gasteiger partial charge in [-0.15, -0.1) is 0 Å². The zero-order chi connectivity index (χ0) is 21.1. The van der Waals surface area contributed by atoms with E-state index >= 15 is 0 Å². The molecule has 0 radical (unpaired) electrons. The molecule has 0 aliphatic heterocycles. The number of rotatable bonds is 7. The number of amides is 1. The summed E-state index contributed by atoms with van der Waals surface area (Å²) < 4.78 is 13.1. The van der Waals surface area contributed by atoms with E-state index in [1.807, 2.05) is 30.3 Å². The number of nitrogens with one attached hydrogen (secondary N) is 1. The van der Waals surface area contributed by atoms with Crippen LogP contribution in [0.25, 0.3) is 22.2 Å². The van der Waals surface area contributed by atoms with E-state index in [1.165, 1.54) is 0 Å². The molecule has 1 fully saturated rings. The molecule has 154 valence electrons. The van der Waals surface area contributed by atoms with Crippen LogP contribution in [0.15, 0.2) is 42.5 Å². The van der Waals surface area contributed by atoms with Crippen LogP contribution in [-0.4, -0.2) is 36.1 Å². The first-order chi connectivity index (χ1) is 14.6. The van der Waals surface area contributed by atoms with Crippen molar-refractivity contribution in [2.45, 2.75) is 25.3 Å². The molecule has 4 rings (SSSR count). The fourth-order valence-electron chi connectivity index (χ4n) is 3.88. The van der Waals surface area contributed by atoms with Crippen molar-refractivity contribution < 1.29 is 19.4 Å². The van der Waals surface area contributed by atoms with Gasteiger partial charge < -0.3 is 19.1 Å². The molecule has 0 saturated heterocycles. The number of hydrogen-bond donors (Lipinski definition) is 2. The maximum atomic E-state index is 10.9. The van der Waals surface area contributed by atoms with Crippen molar-refractivity contribution >= 4 is 22.7 Å². The van der Waals surface area contributed by atoms with Gasteiger partial charge in [0, 0.05) is 30.3 Å². The number of carboxylic acid groups (broad SMARTS) is 1. The van der Waals surface area contributed by atoms with Gasteiger partial charge in [-0.25, -0.2) is 4.79 Å². The first-order valence-electron chi connectivity index (χ1n) is 9.92. The van der Waals surface area contributed by atoms with Crippen molar-refractivity contribution in [2.24, 2.45) is 0 Å². The largest absolute Gasteiger partial charge is 0.491 e. The molecule has 3 aromatic rings. The van der Waals surface area contributed by atoms with E-state index in [1.54, 1.807) is 19.2 Å². The summed E-state index contributed by atoms with van der Waals surface area (Å²) in [6.07, 6.45) is 2.19. The maximum Gasteiger partial charge on any atom is 0.409 e.